The van der Waals surface area contributed by atoms with Crippen molar-refractivity contribution in [2.24, 2.45) is 27.9 Å². The predicted molar refractivity (Wildman–Crippen MR) is 150 cm³/mol. The summed E-state index contributed by atoms with van der Waals surface area (Å²) in [5.41, 5.74) is 24.0. The van der Waals surface area contributed by atoms with Gasteiger partial charge in [0.15, 0.2) is 5.96 Å². The molecule has 0 fully saturated rings. The normalized spacial score (nSPS) is 13.0. The van der Waals surface area contributed by atoms with Crippen LogP contribution in [0.15, 0.2) is 59.6 Å². The lowest BCUT2D eigenvalue weighted by atomic mass is 10.0. The molecule has 0 aliphatic rings. The van der Waals surface area contributed by atoms with Crippen molar-refractivity contribution < 1.29 is 19.5 Å². The molecule has 0 bridgehead atoms. The first-order valence-corrected chi connectivity index (χ1v) is 12.9. The van der Waals surface area contributed by atoms with Crippen molar-refractivity contribution >= 4 is 23.7 Å². The minimum Gasteiger partial charge on any atom is -0.508 e. The molecule has 0 saturated carbocycles. The van der Waals surface area contributed by atoms with Crippen LogP contribution in [0.1, 0.15) is 30.4 Å². The lowest BCUT2D eigenvalue weighted by Gasteiger charge is -2.24. The summed E-state index contributed by atoms with van der Waals surface area (Å²) < 4.78 is 0. The van der Waals surface area contributed by atoms with Gasteiger partial charge in [0, 0.05) is 19.5 Å². The third kappa shape index (κ3) is 11.8. The summed E-state index contributed by atoms with van der Waals surface area (Å²) in [7, 11) is 0. The second-order valence-corrected chi connectivity index (χ2v) is 9.17. The average molecular weight is 541 g/mol. The number of nitrogens with one attached hydrogen (secondary N) is 3. The number of phenolic OH excluding ortho intramolecular Hbond substituents is 1. The Balaban J connectivity index is 2.14. The number of benzene rings is 2. The van der Waals surface area contributed by atoms with Crippen molar-refractivity contribution in [2.75, 3.05) is 19.6 Å². The summed E-state index contributed by atoms with van der Waals surface area (Å²) in [5.74, 6) is -1.38. The first kappa shape index (κ1) is 31.1. The fourth-order valence-electron chi connectivity index (χ4n) is 3.80. The largest absolute Gasteiger partial charge is 0.508 e. The van der Waals surface area contributed by atoms with Gasteiger partial charge in [-0.3, -0.25) is 19.4 Å². The number of rotatable bonds is 16. The van der Waals surface area contributed by atoms with Gasteiger partial charge in [-0.2, -0.15) is 0 Å². The summed E-state index contributed by atoms with van der Waals surface area (Å²) in [6.07, 6.45) is 1.67. The zero-order valence-corrected chi connectivity index (χ0v) is 22.0. The summed E-state index contributed by atoms with van der Waals surface area (Å²) >= 11 is 0. The Labute approximate surface area is 228 Å². The number of hydrogen-bond donors (Lipinski definition) is 8. The minimum absolute atomic E-state index is 0.0759. The Hall–Kier alpha value is -4.16. The van der Waals surface area contributed by atoms with Gasteiger partial charge in [-0.15, -0.1) is 0 Å². The highest BCUT2D eigenvalue weighted by Gasteiger charge is 2.28. The number of nitrogens with two attached hydrogens (primary N) is 4. The molecule has 2 aromatic rings. The molecule has 0 heterocycles. The highest BCUT2D eigenvalue weighted by Crippen LogP contribution is 2.11. The summed E-state index contributed by atoms with van der Waals surface area (Å²) in [4.78, 5) is 43.2. The highest BCUT2D eigenvalue weighted by molar-refractivity contribution is 5.93. The van der Waals surface area contributed by atoms with Crippen LogP contribution in [0.5, 0.6) is 5.75 Å². The van der Waals surface area contributed by atoms with E-state index in [9.17, 15) is 19.5 Å². The number of aromatic hydroxyl groups is 1. The molecule has 0 saturated heterocycles. The lowest BCUT2D eigenvalue weighted by molar-refractivity contribution is -0.132. The van der Waals surface area contributed by atoms with Crippen LogP contribution in [-0.2, 0) is 27.2 Å². The van der Waals surface area contributed by atoms with Gasteiger partial charge in [-0.1, -0.05) is 42.5 Å². The topological polar surface area (TPSA) is 224 Å². The predicted octanol–water partition coefficient (Wildman–Crippen LogP) is -1.01. The van der Waals surface area contributed by atoms with Crippen LogP contribution >= 0.6 is 0 Å². The van der Waals surface area contributed by atoms with E-state index in [0.717, 1.165) is 11.1 Å². The van der Waals surface area contributed by atoms with Gasteiger partial charge in [0.1, 0.15) is 17.8 Å². The van der Waals surface area contributed by atoms with Crippen LogP contribution in [0.3, 0.4) is 0 Å². The summed E-state index contributed by atoms with van der Waals surface area (Å²) in [5, 5.41) is 17.8. The van der Waals surface area contributed by atoms with Crippen molar-refractivity contribution in [2.45, 2.75) is 50.2 Å². The Morgan fingerprint density at radius 1 is 0.821 bits per heavy atom. The number of phenols is 1. The van der Waals surface area contributed by atoms with Gasteiger partial charge in [0.05, 0.1) is 6.04 Å². The summed E-state index contributed by atoms with van der Waals surface area (Å²) in [6.45, 7) is 1.06. The maximum absolute atomic E-state index is 13.4. The van der Waals surface area contributed by atoms with Gasteiger partial charge < -0.3 is 44.0 Å². The van der Waals surface area contributed by atoms with Crippen LogP contribution in [0.4, 0.5) is 0 Å². The molecular formula is C27H40N8O4. The number of carbonyl (C=O) groups is 3. The van der Waals surface area contributed by atoms with E-state index in [4.69, 9.17) is 22.9 Å². The van der Waals surface area contributed by atoms with E-state index in [1.165, 1.54) is 12.1 Å². The Morgan fingerprint density at radius 2 is 1.46 bits per heavy atom. The second kappa shape index (κ2) is 16.6. The molecule has 0 radical (unpaired) electrons. The standard InChI is InChI=1S/C27H40N8O4/c28-13-5-15-32-25(38)23(17-18-6-2-1-3-7-18)35-26(39)22(8-4-14-33-27(30)31)34-24(37)21(29)16-19-9-11-20(36)12-10-19/h1-3,6-7,9-12,21-23,36H,4-5,8,13-17,28-29H2,(H,32,38)(H,34,37)(H,35,39)(H4,30,31,33)/t21-,22+,23-/m0/s1. The molecule has 12 nitrogen and oxygen atoms in total. The number of hydrogen-bond acceptors (Lipinski definition) is 7. The molecular weight excluding hydrogens is 500 g/mol. The second-order valence-electron chi connectivity index (χ2n) is 9.17. The van der Waals surface area contributed by atoms with Gasteiger partial charge in [-0.25, -0.2) is 0 Å². The first-order chi connectivity index (χ1) is 18.7. The monoisotopic (exact) mass is 540 g/mol. The molecule has 12 heteroatoms. The third-order valence-corrected chi connectivity index (χ3v) is 5.90. The van der Waals surface area contributed by atoms with E-state index < -0.39 is 29.9 Å². The molecule has 212 valence electrons. The van der Waals surface area contributed by atoms with Crippen molar-refractivity contribution in [1.29, 1.82) is 0 Å². The molecule has 2 rings (SSSR count). The Morgan fingerprint density at radius 3 is 2.10 bits per heavy atom. The molecule has 0 aromatic heterocycles. The Kier molecular flexibility index (Phi) is 13.2. The summed E-state index contributed by atoms with van der Waals surface area (Å²) in [6, 6.07) is 12.8. The molecule has 2 aromatic carbocycles. The first-order valence-electron chi connectivity index (χ1n) is 12.9. The van der Waals surface area contributed by atoms with Gasteiger partial charge in [0.25, 0.3) is 0 Å². The number of aliphatic imine (C=N–C) groups is 1. The molecule has 39 heavy (non-hydrogen) atoms. The zero-order chi connectivity index (χ0) is 28.6. The fourth-order valence-corrected chi connectivity index (χ4v) is 3.80. The highest BCUT2D eigenvalue weighted by atomic mass is 16.3. The van der Waals surface area contributed by atoms with Crippen molar-refractivity contribution in [1.82, 2.24) is 16.0 Å². The van der Waals surface area contributed by atoms with Crippen LogP contribution < -0.4 is 38.9 Å². The maximum Gasteiger partial charge on any atom is 0.243 e. The number of carbonyl (C=O) groups excluding carboxylic acids is 3. The molecule has 3 atom stereocenters. The van der Waals surface area contributed by atoms with Crippen LogP contribution in [0.25, 0.3) is 0 Å². The van der Waals surface area contributed by atoms with Crippen molar-refractivity contribution in [3.05, 3.63) is 65.7 Å². The number of nitrogens with zero attached hydrogens (tertiary/aromatic N) is 1. The SMILES string of the molecule is NCCCNC(=O)[C@H](Cc1ccccc1)NC(=O)[C@@H](CCCN=C(N)N)NC(=O)[C@@H](N)Cc1ccc(O)cc1. The van der Waals surface area contributed by atoms with Crippen molar-refractivity contribution in [3.63, 3.8) is 0 Å². The van der Waals surface area contributed by atoms with E-state index in [2.05, 4.69) is 20.9 Å². The van der Waals surface area contributed by atoms with E-state index in [0.29, 0.717) is 25.9 Å². The molecule has 0 aliphatic carbocycles. The molecule has 0 unspecified atom stereocenters. The number of guanidine groups is 1. The molecule has 3 amide bonds. The average Bonchev–Trinajstić information content (AvgIpc) is 2.91. The van der Waals surface area contributed by atoms with E-state index in [1.807, 2.05) is 30.3 Å². The van der Waals surface area contributed by atoms with Crippen LogP contribution in [0, 0.1) is 0 Å². The smallest absolute Gasteiger partial charge is 0.243 e. The quantitative estimate of drug-likeness (QED) is 0.0746. The molecule has 0 aliphatic heterocycles. The lowest BCUT2D eigenvalue weighted by Crippen LogP contribution is -2.56. The number of amides is 3. The zero-order valence-electron chi connectivity index (χ0n) is 22.0. The van der Waals surface area contributed by atoms with Gasteiger partial charge >= 0.3 is 0 Å². The minimum atomic E-state index is -0.979. The molecule has 0 spiro atoms. The van der Waals surface area contributed by atoms with Gasteiger partial charge in [-0.05, 0) is 55.5 Å². The maximum atomic E-state index is 13.4. The van der Waals surface area contributed by atoms with E-state index in [1.54, 1.807) is 12.1 Å². The Bertz CT molecular complexity index is 1070. The van der Waals surface area contributed by atoms with Gasteiger partial charge in [0.2, 0.25) is 17.7 Å². The molecule has 12 N–H and O–H groups in total. The van der Waals surface area contributed by atoms with E-state index >= 15 is 0 Å². The van der Waals surface area contributed by atoms with E-state index in [-0.39, 0.29) is 43.4 Å². The van der Waals surface area contributed by atoms with Crippen molar-refractivity contribution in [3.8, 4) is 5.75 Å². The van der Waals surface area contributed by atoms with Crippen LogP contribution in [-0.4, -0.2) is 66.5 Å². The fraction of sp³-hybridized carbons (Fsp3) is 0.407. The van der Waals surface area contributed by atoms with Crippen LogP contribution in [0.2, 0.25) is 0 Å². The third-order valence-electron chi connectivity index (χ3n) is 5.90.